The van der Waals surface area contributed by atoms with Gasteiger partial charge in [-0.3, -0.25) is 0 Å². The number of nitrogen functional groups attached to an aromatic ring is 1. The second-order valence-electron chi connectivity index (χ2n) is 6.00. The van der Waals surface area contributed by atoms with E-state index in [2.05, 4.69) is 20.3 Å². The Kier molecular flexibility index (Phi) is 6.51. The van der Waals surface area contributed by atoms with Gasteiger partial charge in [-0.2, -0.15) is 15.0 Å². The fourth-order valence-corrected chi connectivity index (χ4v) is 2.41. The van der Waals surface area contributed by atoms with Crippen LogP contribution in [-0.4, -0.2) is 27.0 Å². The molecule has 0 bridgehead atoms. The molecule has 0 spiro atoms. The summed E-state index contributed by atoms with van der Waals surface area (Å²) >= 11 is 0. The number of ether oxygens (including phenoxy) is 2. The quantitative estimate of drug-likeness (QED) is 0.557. The van der Waals surface area contributed by atoms with Gasteiger partial charge in [-0.15, -0.1) is 0 Å². The standard InChI is InChI=1S/C20H20FN5O3/c1-2-16(29-15-6-4-3-5-7-15)18(27)28-12-17-24-19(22)26-20(25-17)23-14-10-8-13(21)9-11-14/h3-11,16H,2,12H2,1H3,(H3,22,23,24,25,26)/t16-/m0/s1. The Morgan fingerprint density at radius 2 is 1.83 bits per heavy atom. The third kappa shape index (κ3) is 5.86. The van der Waals surface area contributed by atoms with Crippen molar-refractivity contribution in [2.45, 2.75) is 26.1 Å². The summed E-state index contributed by atoms with van der Waals surface area (Å²) in [6.45, 7) is 1.62. The third-order valence-corrected chi connectivity index (χ3v) is 3.80. The van der Waals surface area contributed by atoms with Gasteiger partial charge in [-0.25, -0.2) is 9.18 Å². The van der Waals surface area contributed by atoms with Gasteiger partial charge in [0.1, 0.15) is 11.6 Å². The van der Waals surface area contributed by atoms with Gasteiger partial charge in [0.05, 0.1) is 0 Å². The highest BCUT2D eigenvalue weighted by Gasteiger charge is 2.21. The second-order valence-corrected chi connectivity index (χ2v) is 6.00. The van der Waals surface area contributed by atoms with Crippen LogP contribution in [0.5, 0.6) is 5.75 Å². The van der Waals surface area contributed by atoms with Gasteiger partial charge in [-0.05, 0) is 42.8 Å². The number of benzene rings is 2. The number of nitrogens with two attached hydrogens (primary N) is 1. The number of anilines is 3. The zero-order valence-corrected chi connectivity index (χ0v) is 15.7. The molecule has 0 radical (unpaired) electrons. The molecular weight excluding hydrogens is 377 g/mol. The number of rotatable bonds is 8. The molecule has 8 nitrogen and oxygen atoms in total. The molecule has 0 saturated carbocycles. The van der Waals surface area contributed by atoms with Crippen LogP contribution in [0.25, 0.3) is 0 Å². The van der Waals surface area contributed by atoms with E-state index in [4.69, 9.17) is 15.2 Å². The van der Waals surface area contributed by atoms with Crippen LogP contribution in [0.3, 0.4) is 0 Å². The van der Waals surface area contributed by atoms with E-state index < -0.39 is 12.1 Å². The van der Waals surface area contributed by atoms with E-state index in [9.17, 15) is 9.18 Å². The van der Waals surface area contributed by atoms with Crippen molar-refractivity contribution in [1.82, 2.24) is 15.0 Å². The van der Waals surface area contributed by atoms with Crippen molar-refractivity contribution >= 4 is 23.6 Å². The Hall–Kier alpha value is -3.75. The summed E-state index contributed by atoms with van der Waals surface area (Å²) in [6, 6.07) is 14.7. The molecular formula is C20H20FN5O3. The molecule has 3 aromatic rings. The minimum absolute atomic E-state index is 0.0387. The van der Waals surface area contributed by atoms with Crippen molar-refractivity contribution in [1.29, 1.82) is 0 Å². The molecule has 3 N–H and O–H groups in total. The molecule has 0 amide bonds. The summed E-state index contributed by atoms with van der Waals surface area (Å²) in [5.74, 6) is -0.0348. The molecule has 0 aliphatic rings. The van der Waals surface area contributed by atoms with E-state index in [0.717, 1.165) is 0 Å². The van der Waals surface area contributed by atoms with Crippen molar-refractivity contribution in [3.8, 4) is 5.75 Å². The van der Waals surface area contributed by atoms with Crippen molar-refractivity contribution in [3.63, 3.8) is 0 Å². The molecule has 29 heavy (non-hydrogen) atoms. The molecule has 0 fully saturated rings. The Morgan fingerprint density at radius 1 is 1.10 bits per heavy atom. The van der Waals surface area contributed by atoms with E-state index in [1.54, 1.807) is 12.1 Å². The minimum atomic E-state index is -0.756. The molecule has 3 rings (SSSR count). The summed E-state index contributed by atoms with van der Waals surface area (Å²) in [5.41, 5.74) is 6.28. The highest BCUT2D eigenvalue weighted by Crippen LogP contribution is 2.16. The Bertz CT molecular complexity index is 954. The molecule has 0 aliphatic heterocycles. The van der Waals surface area contributed by atoms with E-state index in [1.807, 2.05) is 25.1 Å². The molecule has 1 atom stereocenters. The Balaban J connectivity index is 1.62. The van der Waals surface area contributed by atoms with E-state index in [0.29, 0.717) is 17.9 Å². The molecule has 2 aromatic carbocycles. The van der Waals surface area contributed by atoms with E-state index >= 15 is 0 Å². The first-order valence-corrected chi connectivity index (χ1v) is 8.95. The van der Waals surface area contributed by atoms with Crippen molar-refractivity contribution in [3.05, 3.63) is 66.2 Å². The van der Waals surface area contributed by atoms with Crippen molar-refractivity contribution < 1.29 is 18.7 Å². The predicted octanol–water partition coefficient (Wildman–Crippen LogP) is 3.24. The molecule has 1 aromatic heterocycles. The maximum Gasteiger partial charge on any atom is 0.347 e. The largest absolute Gasteiger partial charge is 0.479 e. The lowest BCUT2D eigenvalue weighted by Gasteiger charge is -2.16. The molecule has 1 heterocycles. The summed E-state index contributed by atoms with van der Waals surface area (Å²) in [7, 11) is 0. The fourth-order valence-electron chi connectivity index (χ4n) is 2.41. The van der Waals surface area contributed by atoms with Gasteiger partial charge in [0, 0.05) is 5.69 Å². The lowest BCUT2D eigenvalue weighted by Crippen LogP contribution is -2.28. The molecule has 0 unspecified atom stereocenters. The van der Waals surface area contributed by atoms with Crippen LogP contribution in [0.15, 0.2) is 54.6 Å². The van der Waals surface area contributed by atoms with Crippen molar-refractivity contribution in [2.24, 2.45) is 0 Å². The van der Waals surface area contributed by atoms with Crippen LogP contribution in [0, 0.1) is 5.82 Å². The van der Waals surface area contributed by atoms with Crippen LogP contribution in [-0.2, 0) is 16.1 Å². The van der Waals surface area contributed by atoms with Crippen LogP contribution >= 0.6 is 0 Å². The smallest absolute Gasteiger partial charge is 0.347 e. The zero-order chi connectivity index (χ0) is 20.6. The number of para-hydroxylation sites is 1. The topological polar surface area (TPSA) is 112 Å². The lowest BCUT2D eigenvalue weighted by atomic mass is 10.2. The van der Waals surface area contributed by atoms with Crippen LogP contribution in [0.4, 0.5) is 22.0 Å². The summed E-state index contributed by atoms with van der Waals surface area (Å²) in [4.78, 5) is 24.5. The molecule has 0 saturated heterocycles. The van der Waals surface area contributed by atoms with Gasteiger partial charge in [0.2, 0.25) is 11.9 Å². The Labute approximate surface area is 166 Å². The molecule has 0 aliphatic carbocycles. The maximum absolute atomic E-state index is 13.0. The normalized spacial score (nSPS) is 11.5. The highest BCUT2D eigenvalue weighted by atomic mass is 19.1. The number of hydrogen-bond donors (Lipinski definition) is 2. The van der Waals surface area contributed by atoms with Crippen LogP contribution in [0.1, 0.15) is 19.2 Å². The van der Waals surface area contributed by atoms with Gasteiger partial charge < -0.3 is 20.5 Å². The van der Waals surface area contributed by atoms with Crippen LogP contribution in [0.2, 0.25) is 0 Å². The fraction of sp³-hybridized carbons (Fsp3) is 0.200. The first-order chi connectivity index (χ1) is 14.0. The number of carbonyl (C=O) groups excluding carboxylic acids is 1. The number of nitrogens with one attached hydrogen (secondary N) is 1. The van der Waals surface area contributed by atoms with Gasteiger partial charge in [-0.1, -0.05) is 25.1 Å². The highest BCUT2D eigenvalue weighted by molar-refractivity contribution is 5.75. The van der Waals surface area contributed by atoms with E-state index in [1.165, 1.54) is 24.3 Å². The monoisotopic (exact) mass is 397 g/mol. The number of hydrogen-bond acceptors (Lipinski definition) is 8. The first kappa shape index (κ1) is 20.0. The van der Waals surface area contributed by atoms with Gasteiger partial charge >= 0.3 is 5.97 Å². The maximum atomic E-state index is 13.0. The average Bonchev–Trinajstić information content (AvgIpc) is 2.72. The van der Waals surface area contributed by atoms with Crippen LogP contribution < -0.4 is 15.8 Å². The summed E-state index contributed by atoms with van der Waals surface area (Å²) < 4.78 is 23.9. The summed E-state index contributed by atoms with van der Waals surface area (Å²) in [5, 5.41) is 2.89. The van der Waals surface area contributed by atoms with Crippen molar-refractivity contribution in [2.75, 3.05) is 11.1 Å². The number of carbonyl (C=O) groups is 1. The predicted molar refractivity (Wildman–Crippen MR) is 105 cm³/mol. The zero-order valence-electron chi connectivity index (χ0n) is 15.7. The number of halogens is 1. The minimum Gasteiger partial charge on any atom is -0.479 e. The van der Waals surface area contributed by atoms with E-state index in [-0.39, 0.29) is 30.1 Å². The molecule has 9 heteroatoms. The lowest BCUT2D eigenvalue weighted by molar-refractivity contribution is -0.153. The Morgan fingerprint density at radius 3 is 2.52 bits per heavy atom. The number of aromatic nitrogens is 3. The first-order valence-electron chi connectivity index (χ1n) is 8.95. The summed E-state index contributed by atoms with van der Waals surface area (Å²) in [6.07, 6.45) is -0.321. The SMILES string of the molecule is CC[C@H](Oc1ccccc1)C(=O)OCc1nc(N)nc(Nc2ccc(F)cc2)n1. The number of nitrogens with zero attached hydrogens (tertiary/aromatic N) is 3. The second kappa shape index (κ2) is 9.45. The van der Waals surface area contributed by atoms with Gasteiger partial charge in [0.25, 0.3) is 0 Å². The third-order valence-electron chi connectivity index (χ3n) is 3.80. The average molecular weight is 397 g/mol. The van der Waals surface area contributed by atoms with Gasteiger partial charge in [0.15, 0.2) is 18.5 Å². The molecule has 150 valence electrons. The number of esters is 1.